The molecule has 1 aliphatic heterocycles. The van der Waals surface area contributed by atoms with Crippen LogP contribution in [0.1, 0.15) is 39.1 Å². The lowest BCUT2D eigenvalue weighted by molar-refractivity contribution is 0.0531. The molecule has 0 aliphatic carbocycles. The standard InChI is InChI=1S/C21H23N5O2S/c1-3-28-19(27)18-14(2)23-21(29-18)25-20-22-11-16-9-10-26(13-17(16)24-20)12-15-7-5-4-6-8-15/h4-8,11H,3,9-10,12-13H2,1-2H3,(H,22,23,24,25). The lowest BCUT2D eigenvalue weighted by Crippen LogP contribution is -2.31. The van der Waals surface area contributed by atoms with Crippen molar-refractivity contribution in [3.63, 3.8) is 0 Å². The zero-order chi connectivity index (χ0) is 20.2. The summed E-state index contributed by atoms with van der Waals surface area (Å²) >= 11 is 1.25. The molecule has 3 aromatic rings. The molecule has 0 unspecified atom stereocenters. The molecule has 2 aromatic heterocycles. The average Bonchev–Trinajstić information content (AvgIpc) is 3.09. The van der Waals surface area contributed by atoms with Crippen molar-refractivity contribution in [1.29, 1.82) is 0 Å². The molecule has 1 aromatic carbocycles. The molecule has 0 spiro atoms. The van der Waals surface area contributed by atoms with Crippen molar-refractivity contribution in [3.05, 3.63) is 63.9 Å². The number of anilines is 2. The monoisotopic (exact) mass is 409 g/mol. The van der Waals surface area contributed by atoms with Gasteiger partial charge in [0.2, 0.25) is 5.95 Å². The number of fused-ring (bicyclic) bond motifs is 1. The molecule has 0 amide bonds. The van der Waals surface area contributed by atoms with Crippen LogP contribution in [0.4, 0.5) is 11.1 Å². The fourth-order valence-corrected chi connectivity index (χ4v) is 4.18. The number of carbonyl (C=O) groups is 1. The molecule has 1 aliphatic rings. The second-order valence-electron chi connectivity index (χ2n) is 6.89. The van der Waals surface area contributed by atoms with E-state index in [1.807, 2.05) is 12.3 Å². The van der Waals surface area contributed by atoms with Gasteiger partial charge in [0.05, 0.1) is 18.0 Å². The minimum Gasteiger partial charge on any atom is -0.462 e. The predicted molar refractivity (Wildman–Crippen MR) is 112 cm³/mol. The van der Waals surface area contributed by atoms with Gasteiger partial charge in [-0.15, -0.1) is 0 Å². The number of ether oxygens (including phenoxy) is 1. The number of carbonyl (C=O) groups excluding carboxylic acids is 1. The van der Waals surface area contributed by atoms with Gasteiger partial charge in [0.1, 0.15) is 4.88 Å². The predicted octanol–water partition coefficient (Wildman–Crippen LogP) is 3.72. The summed E-state index contributed by atoms with van der Waals surface area (Å²) in [7, 11) is 0. The summed E-state index contributed by atoms with van der Waals surface area (Å²) < 4.78 is 5.07. The van der Waals surface area contributed by atoms with Crippen LogP contribution in [0, 0.1) is 6.92 Å². The number of nitrogens with one attached hydrogen (secondary N) is 1. The minimum atomic E-state index is -0.349. The van der Waals surface area contributed by atoms with Crippen LogP contribution in [0.25, 0.3) is 0 Å². The Labute approximate surface area is 173 Å². The lowest BCUT2D eigenvalue weighted by Gasteiger charge is -2.27. The number of nitrogens with zero attached hydrogens (tertiary/aromatic N) is 4. The first-order valence-corrected chi connectivity index (χ1v) is 10.5. The van der Waals surface area contributed by atoms with E-state index in [1.54, 1.807) is 13.8 Å². The largest absolute Gasteiger partial charge is 0.462 e. The van der Waals surface area contributed by atoms with Crippen LogP contribution in [0.3, 0.4) is 0 Å². The van der Waals surface area contributed by atoms with E-state index in [0.717, 1.165) is 31.7 Å². The number of hydrogen-bond donors (Lipinski definition) is 1. The number of benzene rings is 1. The van der Waals surface area contributed by atoms with Crippen molar-refractivity contribution in [1.82, 2.24) is 19.9 Å². The molecule has 3 heterocycles. The summed E-state index contributed by atoms with van der Waals surface area (Å²) in [5.41, 5.74) is 4.15. The summed E-state index contributed by atoms with van der Waals surface area (Å²) in [6.07, 6.45) is 2.82. The molecule has 0 bridgehead atoms. The zero-order valence-corrected chi connectivity index (χ0v) is 17.3. The Balaban J connectivity index is 1.47. The third-order valence-electron chi connectivity index (χ3n) is 4.75. The van der Waals surface area contributed by atoms with Gasteiger partial charge in [-0.3, -0.25) is 4.90 Å². The minimum absolute atomic E-state index is 0.340. The molecule has 0 saturated heterocycles. The van der Waals surface area contributed by atoms with Crippen LogP contribution in [-0.4, -0.2) is 39.0 Å². The first-order valence-electron chi connectivity index (χ1n) is 9.65. The second kappa shape index (κ2) is 8.67. The smallest absolute Gasteiger partial charge is 0.350 e. The van der Waals surface area contributed by atoms with Gasteiger partial charge in [0, 0.05) is 25.8 Å². The number of rotatable bonds is 6. The molecule has 0 atom stereocenters. The number of aromatic nitrogens is 3. The lowest BCUT2D eigenvalue weighted by atomic mass is 10.1. The normalized spacial score (nSPS) is 13.7. The highest BCUT2D eigenvalue weighted by Crippen LogP contribution is 2.26. The molecule has 0 saturated carbocycles. The Hall–Kier alpha value is -2.84. The zero-order valence-electron chi connectivity index (χ0n) is 16.5. The Morgan fingerprint density at radius 2 is 2.10 bits per heavy atom. The van der Waals surface area contributed by atoms with E-state index in [1.165, 1.54) is 22.5 Å². The average molecular weight is 410 g/mol. The van der Waals surface area contributed by atoms with E-state index in [-0.39, 0.29) is 5.97 Å². The molecule has 29 heavy (non-hydrogen) atoms. The quantitative estimate of drug-likeness (QED) is 0.622. The molecule has 7 nitrogen and oxygen atoms in total. The van der Waals surface area contributed by atoms with Gasteiger partial charge >= 0.3 is 5.97 Å². The Morgan fingerprint density at radius 1 is 1.28 bits per heavy atom. The molecule has 1 N–H and O–H groups in total. The highest BCUT2D eigenvalue weighted by atomic mass is 32.1. The number of thiazole rings is 1. The van der Waals surface area contributed by atoms with Gasteiger partial charge in [-0.2, -0.15) is 0 Å². The van der Waals surface area contributed by atoms with Gasteiger partial charge in [0.15, 0.2) is 5.13 Å². The van der Waals surface area contributed by atoms with Crippen molar-refractivity contribution >= 4 is 28.4 Å². The van der Waals surface area contributed by atoms with Gasteiger partial charge in [0.25, 0.3) is 0 Å². The van der Waals surface area contributed by atoms with Crippen molar-refractivity contribution in [2.24, 2.45) is 0 Å². The van der Waals surface area contributed by atoms with E-state index >= 15 is 0 Å². The summed E-state index contributed by atoms with van der Waals surface area (Å²) in [6, 6.07) is 10.5. The molecular weight excluding hydrogens is 386 g/mol. The maximum absolute atomic E-state index is 12.0. The van der Waals surface area contributed by atoms with Crippen LogP contribution in [0.15, 0.2) is 36.5 Å². The van der Waals surface area contributed by atoms with E-state index in [2.05, 4.69) is 44.5 Å². The van der Waals surface area contributed by atoms with Gasteiger partial charge in [-0.05, 0) is 31.4 Å². The van der Waals surface area contributed by atoms with Gasteiger partial charge in [-0.1, -0.05) is 41.7 Å². The molecule has 0 radical (unpaired) electrons. The Bertz CT molecular complexity index is 1010. The van der Waals surface area contributed by atoms with E-state index in [9.17, 15) is 4.79 Å². The van der Waals surface area contributed by atoms with Crippen LogP contribution in [0.2, 0.25) is 0 Å². The van der Waals surface area contributed by atoms with E-state index < -0.39 is 0 Å². The fourth-order valence-electron chi connectivity index (χ4n) is 3.33. The molecule has 150 valence electrons. The third-order valence-corrected chi connectivity index (χ3v) is 5.80. The second-order valence-corrected chi connectivity index (χ2v) is 7.89. The molecule has 8 heteroatoms. The highest BCUT2D eigenvalue weighted by Gasteiger charge is 2.20. The van der Waals surface area contributed by atoms with Crippen molar-refractivity contribution < 1.29 is 9.53 Å². The van der Waals surface area contributed by atoms with Gasteiger partial charge in [-0.25, -0.2) is 19.7 Å². The van der Waals surface area contributed by atoms with Crippen molar-refractivity contribution in [3.8, 4) is 0 Å². The maximum atomic E-state index is 12.0. The topological polar surface area (TPSA) is 80.2 Å². The van der Waals surface area contributed by atoms with Crippen LogP contribution >= 0.6 is 11.3 Å². The SMILES string of the molecule is CCOC(=O)c1sc(Nc2ncc3c(n2)CN(Cc2ccccc2)CC3)nc1C. The summed E-state index contributed by atoms with van der Waals surface area (Å²) in [4.78, 5) is 28.4. The van der Waals surface area contributed by atoms with E-state index in [4.69, 9.17) is 9.72 Å². The first kappa shape index (κ1) is 19.5. The van der Waals surface area contributed by atoms with Crippen LogP contribution in [0.5, 0.6) is 0 Å². The van der Waals surface area contributed by atoms with Crippen molar-refractivity contribution in [2.75, 3.05) is 18.5 Å². The first-order chi connectivity index (χ1) is 14.1. The summed E-state index contributed by atoms with van der Waals surface area (Å²) in [5.74, 6) is 0.146. The highest BCUT2D eigenvalue weighted by molar-refractivity contribution is 7.17. The third kappa shape index (κ3) is 4.60. The summed E-state index contributed by atoms with van der Waals surface area (Å²) in [6.45, 7) is 6.60. The Kier molecular flexibility index (Phi) is 5.82. The molecule has 4 rings (SSSR count). The van der Waals surface area contributed by atoms with Crippen molar-refractivity contribution in [2.45, 2.75) is 33.4 Å². The Morgan fingerprint density at radius 3 is 2.90 bits per heavy atom. The molecule has 0 fully saturated rings. The van der Waals surface area contributed by atoms with Crippen LogP contribution in [-0.2, 0) is 24.2 Å². The molecular formula is C21H23N5O2S. The van der Waals surface area contributed by atoms with Gasteiger partial charge < -0.3 is 10.1 Å². The van der Waals surface area contributed by atoms with Crippen LogP contribution < -0.4 is 5.32 Å². The van der Waals surface area contributed by atoms with E-state index in [0.29, 0.717) is 28.3 Å². The number of esters is 1. The fraction of sp³-hybridized carbons (Fsp3) is 0.333. The number of aryl methyl sites for hydroxylation is 1. The maximum Gasteiger partial charge on any atom is 0.350 e. The number of hydrogen-bond acceptors (Lipinski definition) is 8. The summed E-state index contributed by atoms with van der Waals surface area (Å²) in [5, 5.41) is 3.72.